The van der Waals surface area contributed by atoms with Crippen LogP contribution >= 0.6 is 0 Å². The molecule has 35 heavy (non-hydrogen) atoms. The van der Waals surface area contributed by atoms with Gasteiger partial charge in [0.15, 0.2) is 0 Å². The molecule has 0 spiro atoms. The first-order valence-corrected chi connectivity index (χ1v) is 15.7. The average molecular weight is 489 g/mol. The molecule has 0 saturated heterocycles. The van der Waals surface area contributed by atoms with E-state index in [1.54, 1.807) is 0 Å². The molecule has 10 atom stereocenters. The van der Waals surface area contributed by atoms with Gasteiger partial charge in [0.1, 0.15) is 0 Å². The van der Waals surface area contributed by atoms with E-state index in [4.69, 9.17) is 0 Å². The van der Waals surface area contributed by atoms with Crippen molar-refractivity contribution in [1.29, 1.82) is 0 Å². The zero-order valence-electron chi connectivity index (χ0n) is 24.3. The van der Waals surface area contributed by atoms with Crippen molar-refractivity contribution in [3.8, 4) is 0 Å². The number of aliphatic hydroxyl groups excluding tert-OH is 2. The van der Waals surface area contributed by atoms with Crippen LogP contribution in [0.25, 0.3) is 0 Å². The smallest absolute Gasteiger partial charge is 0.0573 e. The van der Waals surface area contributed by atoms with E-state index in [2.05, 4.69) is 34.3 Å². The Bertz CT molecular complexity index is 664. The molecule has 5 fully saturated rings. The van der Waals surface area contributed by atoms with Crippen LogP contribution in [0, 0.1) is 46.3 Å². The van der Waals surface area contributed by atoms with Crippen molar-refractivity contribution in [3.05, 3.63) is 12.2 Å². The van der Waals surface area contributed by atoms with Gasteiger partial charge in [-0.15, -0.1) is 6.58 Å². The summed E-state index contributed by atoms with van der Waals surface area (Å²) in [4.78, 5) is 0. The second-order valence-electron chi connectivity index (χ2n) is 13.7. The van der Waals surface area contributed by atoms with Crippen molar-refractivity contribution in [2.75, 3.05) is 0 Å². The molecule has 5 aliphatic rings. The zero-order valence-corrected chi connectivity index (χ0v) is 24.3. The topological polar surface area (TPSA) is 40.5 Å². The molecule has 2 N–H and O–H groups in total. The van der Waals surface area contributed by atoms with Gasteiger partial charge in [0.05, 0.1) is 12.2 Å². The Morgan fingerprint density at radius 3 is 2.11 bits per heavy atom. The van der Waals surface area contributed by atoms with Crippen LogP contribution in [0.1, 0.15) is 138 Å². The summed E-state index contributed by atoms with van der Waals surface area (Å²) in [5.41, 5.74) is 2.01. The first-order valence-electron chi connectivity index (χ1n) is 15.7. The first-order chi connectivity index (χ1) is 16.7. The number of hydrogen-bond donors (Lipinski definition) is 2. The molecule has 5 saturated carbocycles. The quantitative estimate of drug-likeness (QED) is 0.379. The Hall–Kier alpha value is -0.340. The molecule has 0 aromatic rings. The fourth-order valence-electron chi connectivity index (χ4n) is 9.35. The SMILES string of the molecule is C1CCC1.C=C(C)CCCC(O)C1CCC2C3C(C)CC4CC(O)CCC4(C)C3CCC12C.CC. The molecule has 204 valence electrons. The van der Waals surface area contributed by atoms with Gasteiger partial charge in [-0.25, -0.2) is 0 Å². The molecule has 0 aromatic heterocycles. The summed E-state index contributed by atoms with van der Waals surface area (Å²) in [7, 11) is 0. The molecule has 5 rings (SSSR count). The third kappa shape index (κ3) is 6.05. The van der Waals surface area contributed by atoms with E-state index in [1.807, 2.05) is 13.8 Å². The predicted molar refractivity (Wildman–Crippen MR) is 150 cm³/mol. The maximum absolute atomic E-state index is 11.1. The lowest BCUT2D eigenvalue weighted by Gasteiger charge is -2.63. The molecular weight excluding hydrogens is 428 g/mol. The van der Waals surface area contributed by atoms with Gasteiger partial charge in [0, 0.05) is 0 Å². The van der Waals surface area contributed by atoms with E-state index in [1.165, 1.54) is 69.8 Å². The van der Waals surface area contributed by atoms with Gasteiger partial charge in [-0.2, -0.15) is 0 Å². The predicted octanol–water partition coefficient (Wildman–Crippen LogP) is 8.95. The Balaban J connectivity index is 0.000000508. The van der Waals surface area contributed by atoms with Crippen LogP contribution < -0.4 is 0 Å². The molecule has 0 radical (unpaired) electrons. The largest absolute Gasteiger partial charge is 0.393 e. The summed E-state index contributed by atoms with van der Waals surface area (Å²) in [6.07, 6.45) is 18.7. The van der Waals surface area contributed by atoms with Crippen molar-refractivity contribution < 1.29 is 10.2 Å². The Morgan fingerprint density at radius 2 is 1.51 bits per heavy atom. The summed E-state index contributed by atoms with van der Waals surface area (Å²) in [5.74, 6) is 4.44. The van der Waals surface area contributed by atoms with Crippen LogP contribution in [-0.4, -0.2) is 22.4 Å². The maximum atomic E-state index is 11.1. The number of fused-ring (bicyclic) bond motifs is 5. The normalized spacial score (nSPS) is 44.6. The van der Waals surface area contributed by atoms with Gasteiger partial charge >= 0.3 is 0 Å². The molecule has 2 nitrogen and oxygen atoms in total. The molecule has 0 heterocycles. The minimum atomic E-state index is -0.132. The van der Waals surface area contributed by atoms with Crippen LogP contribution in [-0.2, 0) is 0 Å². The number of allylic oxidation sites excluding steroid dienone is 1. The standard InChI is InChI=1S/C27H46O2.C4H8.C2H6/c1-17(2)7-6-8-24(29)21-9-10-22-25-18(3)15-19-16-20(28)11-13-26(19,4)23(25)12-14-27(21,22)5;1-2-4-3-1;1-2/h18-25,28-29H,1,6-16H2,2-5H3;1-4H2;1-2H3. The van der Waals surface area contributed by atoms with Crippen LogP contribution in [0.4, 0.5) is 0 Å². The van der Waals surface area contributed by atoms with Crippen LogP contribution in [0.15, 0.2) is 12.2 Å². The van der Waals surface area contributed by atoms with E-state index in [0.717, 1.165) is 61.7 Å². The summed E-state index contributed by atoms with van der Waals surface area (Å²) in [5, 5.41) is 21.4. The van der Waals surface area contributed by atoms with Crippen molar-refractivity contribution in [2.24, 2.45) is 46.3 Å². The van der Waals surface area contributed by atoms with Crippen molar-refractivity contribution in [3.63, 3.8) is 0 Å². The Labute approximate surface area is 218 Å². The van der Waals surface area contributed by atoms with Crippen molar-refractivity contribution in [1.82, 2.24) is 0 Å². The third-order valence-corrected chi connectivity index (χ3v) is 11.6. The lowest BCUT2D eigenvalue weighted by atomic mass is 9.42. The maximum Gasteiger partial charge on any atom is 0.0573 e. The average Bonchev–Trinajstić information content (AvgIpc) is 3.12. The highest BCUT2D eigenvalue weighted by Crippen LogP contribution is 2.69. The van der Waals surface area contributed by atoms with Gasteiger partial charge < -0.3 is 10.2 Å². The van der Waals surface area contributed by atoms with Gasteiger partial charge in [-0.1, -0.05) is 65.9 Å². The fraction of sp³-hybridized carbons (Fsp3) is 0.939. The molecule has 0 aliphatic heterocycles. The van der Waals surface area contributed by atoms with Crippen LogP contribution in [0.5, 0.6) is 0 Å². The lowest BCUT2D eigenvalue weighted by Crippen LogP contribution is -2.56. The first kappa shape index (κ1) is 29.2. The molecule has 0 bridgehead atoms. The van der Waals surface area contributed by atoms with Gasteiger partial charge in [-0.05, 0) is 124 Å². The Morgan fingerprint density at radius 1 is 0.914 bits per heavy atom. The molecule has 5 aliphatic carbocycles. The van der Waals surface area contributed by atoms with Gasteiger partial charge in [0.2, 0.25) is 0 Å². The minimum Gasteiger partial charge on any atom is -0.393 e. The minimum absolute atomic E-state index is 0.0594. The summed E-state index contributed by atoms with van der Waals surface area (Å²) in [6, 6.07) is 0. The number of aliphatic hydroxyl groups is 2. The molecule has 0 aromatic carbocycles. The number of rotatable bonds is 5. The van der Waals surface area contributed by atoms with E-state index in [0.29, 0.717) is 16.7 Å². The fourth-order valence-corrected chi connectivity index (χ4v) is 9.35. The Kier molecular flexibility index (Phi) is 10.4. The molecule has 2 heteroatoms. The molecule has 10 unspecified atom stereocenters. The lowest BCUT2D eigenvalue weighted by molar-refractivity contribution is -0.153. The summed E-state index contributed by atoms with van der Waals surface area (Å²) < 4.78 is 0. The third-order valence-electron chi connectivity index (χ3n) is 11.6. The van der Waals surface area contributed by atoms with E-state index >= 15 is 0 Å². The molecular formula is C33H60O2. The molecule has 0 amide bonds. The van der Waals surface area contributed by atoms with Crippen LogP contribution in [0.2, 0.25) is 0 Å². The number of hydrogen-bond acceptors (Lipinski definition) is 2. The van der Waals surface area contributed by atoms with E-state index < -0.39 is 0 Å². The second kappa shape index (κ2) is 12.5. The van der Waals surface area contributed by atoms with Gasteiger partial charge in [-0.3, -0.25) is 0 Å². The second-order valence-corrected chi connectivity index (χ2v) is 13.7. The van der Waals surface area contributed by atoms with Crippen LogP contribution in [0.3, 0.4) is 0 Å². The van der Waals surface area contributed by atoms with E-state index in [-0.39, 0.29) is 12.2 Å². The highest BCUT2D eigenvalue weighted by atomic mass is 16.3. The highest BCUT2D eigenvalue weighted by Gasteiger charge is 2.62. The van der Waals surface area contributed by atoms with E-state index in [9.17, 15) is 10.2 Å². The van der Waals surface area contributed by atoms with Crippen molar-refractivity contribution in [2.45, 2.75) is 150 Å². The zero-order chi connectivity index (χ0) is 25.8. The monoisotopic (exact) mass is 488 g/mol. The highest BCUT2D eigenvalue weighted by molar-refractivity contribution is 5.11. The summed E-state index contributed by atoms with van der Waals surface area (Å²) in [6.45, 7) is 17.8. The van der Waals surface area contributed by atoms with Gasteiger partial charge in [0.25, 0.3) is 0 Å². The summed E-state index contributed by atoms with van der Waals surface area (Å²) >= 11 is 0. The van der Waals surface area contributed by atoms with Crippen molar-refractivity contribution >= 4 is 0 Å².